The molecule has 1 aromatic carbocycles. The quantitative estimate of drug-likeness (QED) is 0.320. The van der Waals surface area contributed by atoms with Crippen LogP contribution in [0.25, 0.3) is 22.3 Å². The van der Waals surface area contributed by atoms with Crippen molar-refractivity contribution in [3.8, 4) is 28.0 Å². The molecule has 3 heterocycles. The smallest absolute Gasteiger partial charge is 0.137 e. The number of nitrogens with zero attached hydrogens (tertiary/aromatic N) is 5. The number of aryl methyl sites for hydroxylation is 2. The molecule has 9 nitrogen and oxygen atoms in total. The van der Waals surface area contributed by atoms with Crippen molar-refractivity contribution in [3.63, 3.8) is 0 Å². The van der Waals surface area contributed by atoms with E-state index in [0.29, 0.717) is 11.8 Å². The van der Waals surface area contributed by atoms with Crippen LogP contribution in [0.5, 0.6) is 5.75 Å². The Balaban J connectivity index is 1.44. The molecule has 0 radical (unpaired) electrons. The highest BCUT2D eigenvalue weighted by Crippen LogP contribution is 2.35. The van der Waals surface area contributed by atoms with Crippen molar-refractivity contribution in [2.75, 3.05) is 17.4 Å². The van der Waals surface area contributed by atoms with Crippen LogP contribution in [0.2, 0.25) is 0 Å². The van der Waals surface area contributed by atoms with E-state index in [1.807, 2.05) is 67.8 Å². The molecule has 4 aromatic rings. The van der Waals surface area contributed by atoms with Crippen molar-refractivity contribution in [2.45, 2.75) is 38.1 Å². The number of nitrogens with one attached hydrogen (secondary N) is 2. The first-order valence-electron chi connectivity index (χ1n) is 12.1. The molecule has 0 bridgehead atoms. The molecular formula is C26H32N8O. The van der Waals surface area contributed by atoms with Crippen LogP contribution >= 0.6 is 0 Å². The lowest BCUT2D eigenvalue weighted by Crippen LogP contribution is -2.23. The van der Waals surface area contributed by atoms with Gasteiger partial charge in [-0.25, -0.2) is 4.98 Å². The van der Waals surface area contributed by atoms with Gasteiger partial charge in [0.25, 0.3) is 0 Å². The second-order valence-electron chi connectivity index (χ2n) is 9.02. The molecule has 182 valence electrons. The molecule has 9 heteroatoms. The van der Waals surface area contributed by atoms with Crippen LogP contribution < -0.4 is 21.1 Å². The molecule has 0 spiro atoms. The maximum absolute atomic E-state index is 5.74. The molecule has 0 saturated heterocycles. The number of nitrogens with two attached hydrogens (primary N) is 1. The Kier molecular flexibility index (Phi) is 6.67. The minimum Gasteiger partial charge on any atom is -0.478 e. The van der Waals surface area contributed by atoms with Crippen molar-refractivity contribution < 1.29 is 4.74 Å². The van der Waals surface area contributed by atoms with Gasteiger partial charge in [-0.1, -0.05) is 19.3 Å². The number of hydrogen-bond donors (Lipinski definition) is 3. The van der Waals surface area contributed by atoms with Crippen LogP contribution in [-0.2, 0) is 14.1 Å². The molecule has 1 aliphatic rings. The highest BCUT2D eigenvalue weighted by Gasteiger charge is 2.18. The normalized spacial score (nSPS) is 14.1. The number of hydrogen-bond acceptors (Lipinski definition) is 7. The van der Waals surface area contributed by atoms with E-state index in [-0.39, 0.29) is 6.73 Å². The monoisotopic (exact) mass is 472 g/mol. The number of benzene rings is 1. The molecular weight excluding hydrogens is 440 g/mol. The second kappa shape index (κ2) is 10.2. The molecule has 0 atom stereocenters. The van der Waals surface area contributed by atoms with E-state index in [2.05, 4.69) is 26.9 Å². The first-order chi connectivity index (χ1) is 17.1. The third kappa shape index (κ3) is 5.30. The Morgan fingerprint density at radius 3 is 2.29 bits per heavy atom. The Labute approximate surface area is 205 Å². The first-order valence-corrected chi connectivity index (χ1v) is 12.1. The molecule has 0 aliphatic heterocycles. The third-order valence-corrected chi connectivity index (χ3v) is 6.37. The van der Waals surface area contributed by atoms with E-state index in [1.54, 1.807) is 4.68 Å². The summed E-state index contributed by atoms with van der Waals surface area (Å²) in [5.74, 6) is 2.32. The van der Waals surface area contributed by atoms with E-state index in [0.717, 1.165) is 39.6 Å². The Morgan fingerprint density at radius 2 is 1.63 bits per heavy atom. The summed E-state index contributed by atoms with van der Waals surface area (Å²) in [4.78, 5) is 4.97. The lowest BCUT2D eigenvalue weighted by Gasteiger charge is -2.24. The van der Waals surface area contributed by atoms with Crippen LogP contribution in [0.4, 0.5) is 17.3 Å². The van der Waals surface area contributed by atoms with Gasteiger partial charge in [0, 0.05) is 66.5 Å². The van der Waals surface area contributed by atoms with E-state index in [1.165, 1.54) is 32.1 Å². The standard InChI is InChI=1S/C26H32N8O/c1-33-15-18(13-28-33)22-9-8-21(12-24(22)35-17-27)30-25-11-10-23(19-14-29-34(2)16-19)26(32-25)31-20-6-4-3-5-7-20/h8-16,20H,3-7,17,27H2,1-2H3,(H2,30,31,32). The van der Waals surface area contributed by atoms with Gasteiger partial charge in [-0.05, 0) is 37.1 Å². The van der Waals surface area contributed by atoms with Gasteiger partial charge in [0.05, 0.1) is 12.4 Å². The predicted molar refractivity (Wildman–Crippen MR) is 139 cm³/mol. The van der Waals surface area contributed by atoms with Crippen LogP contribution in [-0.4, -0.2) is 37.3 Å². The lowest BCUT2D eigenvalue weighted by atomic mass is 9.95. The van der Waals surface area contributed by atoms with Gasteiger partial charge in [0.1, 0.15) is 24.1 Å². The van der Waals surface area contributed by atoms with E-state index in [4.69, 9.17) is 15.5 Å². The van der Waals surface area contributed by atoms with Crippen molar-refractivity contribution in [3.05, 3.63) is 55.1 Å². The highest BCUT2D eigenvalue weighted by atomic mass is 16.5. The van der Waals surface area contributed by atoms with Gasteiger partial charge in [0.15, 0.2) is 0 Å². The number of anilines is 3. The largest absolute Gasteiger partial charge is 0.478 e. The molecule has 3 aromatic heterocycles. The average Bonchev–Trinajstić information content (AvgIpc) is 3.48. The highest BCUT2D eigenvalue weighted by molar-refractivity contribution is 5.78. The van der Waals surface area contributed by atoms with Gasteiger partial charge < -0.3 is 15.4 Å². The fraction of sp³-hybridized carbons (Fsp3) is 0.346. The zero-order valence-corrected chi connectivity index (χ0v) is 20.2. The summed E-state index contributed by atoms with van der Waals surface area (Å²) in [6.45, 7) is 0.0875. The molecule has 1 saturated carbocycles. The summed E-state index contributed by atoms with van der Waals surface area (Å²) in [6, 6.07) is 10.5. The third-order valence-electron chi connectivity index (χ3n) is 6.37. The van der Waals surface area contributed by atoms with Gasteiger partial charge in [0.2, 0.25) is 0 Å². The number of aromatic nitrogens is 5. The maximum atomic E-state index is 5.74. The summed E-state index contributed by atoms with van der Waals surface area (Å²) < 4.78 is 9.32. The lowest BCUT2D eigenvalue weighted by molar-refractivity contribution is 0.331. The van der Waals surface area contributed by atoms with Crippen molar-refractivity contribution in [1.82, 2.24) is 24.5 Å². The van der Waals surface area contributed by atoms with Crippen LogP contribution in [0, 0.1) is 0 Å². The van der Waals surface area contributed by atoms with Crippen molar-refractivity contribution in [2.24, 2.45) is 19.8 Å². The van der Waals surface area contributed by atoms with Gasteiger partial charge in [-0.15, -0.1) is 0 Å². The Morgan fingerprint density at radius 1 is 0.943 bits per heavy atom. The SMILES string of the molecule is Cn1cc(-c2ccc(Nc3ccc(-c4cnn(C)c4)c(NC4CCCCC4)n3)cc2OCN)cn1. The summed E-state index contributed by atoms with van der Waals surface area (Å²) in [6.07, 6.45) is 13.8. The maximum Gasteiger partial charge on any atom is 0.137 e. The summed E-state index contributed by atoms with van der Waals surface area (Å²) >= 11 is 0. The fourth-order valence-electron chi connectivity index (χ4n) is 4.63. The van der Waals surface area contributed by atoms with Crippen LogP contribution in [0.3, 0.4) is 0 Å². The number of rotatable bonds is 8. The Hall–Kier alpha value is -3.85. The van der Waals surface area contributed by atoms with E-state index >= 15 is 0 Å². The topological polar surface area (TPSA) is 108 Å². The molecule has 0 unspecified atom stereocenters. The number of ether oxygens (including phenoxy) is 1. The molecule has 5 rings (SSSR count). The van der Waals surface area contributed by atoms with Gasteiger partial charge in [-0.3, -0.25) is 15.1 Å². The van der Waals surface area contributed by atoms with E-state index in [9.17, 15) is 0 Å². The molecule has 1 aliphatic carbocycles. The van der Waals surface area contributed by atoms with Crippen molar-refractivity contribution in [1.29, 1.82) is 0 Å². The minimum absolute atomic E-state index is 0.0875. The molecule has 4 N–H and O–H groups in total. The van der Waals surface area contributed by atoms with Crippen molar-refractivity contribution >= 4 is 17.3 Å². The predicted octanol–water partition coefficient (Wildman–Crippen LogP) is 4.67. The average molecular weight is 473 g/mol. The molecule has 1 fully saturated rings. The van der Waals surface area contributed by atoms with Crippen LogP contribution in [0.1, 0.15) is 32.1 Å². The number of pyridine rings is 1. The van der Waals surface area contributed by atoms with Gasteiger partial charge >= 0.3 is 0 Å². The molecule has 35 heavy (non-hydrogen) atoms. The zero-order chi connectivity index (χ0) is 24.2. The zero-order valence-electron chi connectivity index (χ0n) is 20.2. The first kappa shape index (κ1) is 22.9. The van der Waals surface area contributed by atoms with Gasteiger partial charge in [-0.2, -0.15) is 10.2 Å². The second-order valence-corrected chi connectivity index (χ2v) is 9.02. The van der Waals surface area contributed by atoms with E-state index < -0.39 is 0 Å². The fourth-order valence-corrected chi connectivity index (χ4v) is 4.63. The summed E-state index contributed by atoms with van der Waals surface area (Å²) in [7, 11) is 3.82. The molecule has 0 amide bonds. The summed E-state index contributed by atoms with van der Waals surface area (Å²) in [5, 5.41) is 15.8. The summed E-state index contributed by atoms with van der Waals surface area (Å²) in [5.41, 5.74) is 10.6. The minimum atomic E-state index is 0.0875. The Bertz CT molecular complexity index is 1290. The van der Waals surface area contributed by atoms with Crippen LogP contribution in [0.15, 0.2) is 55.1 Å².